The Morgan fingerprint density at radius 2 is 0.689 bits per heavy atom. The molecule has 0 aliphatic heterocycles. The van der Waals surface area contributed by atoms with Crippen LogP contribution in [-0.2, 0) is 5.41 Å². The monoisotopic (exact) mass is 948 g/mol. The molecule has 3 heterocycles. The summed E-state index contributed by atoms with van der Waals surface area (Å²) in [7, 11) is 0. The largest absolute Gasteiger partial charge is 0.309 e. The van der Waals surface area contributed by atoms with Gasteiger partial charge in [-0.25, -0.2) is 0 Å². The van der Waals surface area contributed by atoms with Gasteiger partial charge >= 0.3 is 0 Å². The molecule has 3 aromatic heterocycles. The molecule has 1 aliphatic carbocycles. The van der Waals surface area contributed by atoms with Crippen LogP contribution in [0.2, 0.25) is 0 Å². The van der Waals surface area contributed by atoms with Crippen LogP contribution in [0.25, 0.3) is 65.4 Å². The van der Waals surface area contributed by atoms with Gasteiger partial charge in [0, 0.05) is 65.9 Å². The third-order valence-corrected chi connectivity index (χ3v) is 15.0. The highest BCUT2D eigenvalue weighted by Gasteiger charge is 2.37. The lowest BCUT2D eigenvalue weighted by Gasteiger charge is -2.34. The maximum atomic E-state index is 5.15. The summed E-state index contributed by atoms with van der Waals surface area (Å²) in [6, 6.07) is 85.0. The topological polar surface area (TPSA) is 48.4 Å². The Hall–Kier alpha value is -9.65. The number of pyridine rings is 3. The van der Waals surface area contributed by atoms with Gasteiger partial charge in [0.1, 0.15) is 0 Å². The van der Waals surface area contributed by atoms with Crippen molar-refractivity contribution in [3.8, 4) is 11.1 Å². The van der Waals surface area contributed by atoms with E-state index in [1.165, 1.54) is 22.3 Å². The van der Waals surface area contributed by atoms with Crippen molar-refractivity contribution in [3.63, 3.8) is 0 Å². The van der Waals surface area contributed by atoms with Crippen LogP contribution in [0.5, 0.6) is 0 Å². The highest BCUT2D eigenvalue weighted by molar-refractivity contribution is 6.25. The predicted molar refractivity (Wildman–Crippen MR) is 309 cm³/mol. The van der Waals surface area contributed by atoms with Gasteiger partial charge in [-0.15, -0.1) is 0 Å². The van der Waals surface area contributed by atoms with Crippen molar-refractivity contribution in [2.45, 2.75) is 19.3 Å². The van der Waals surface area contributed by atoms with Crippen molar-refractivity contribution in [2.24, 2.45) is 0 Å². The van der Waals surface area contributed by atoms with E-state index in [0.29, 0.717) is 0 Å². The molecular formula is C68H48N6. The van der Waals surface area contributed by atoms with Gasteiger partial charge in [-0.05, 0) is 119 Å². The lowest BCUT2D eigenvalue weighted by Crippen LogP contribution is -2.17. The zero-order valence-electron chi connectivity index (χ0n) is 40.9. The average molecular weight is 949 g/mol. The van der Waals surface area contributed by atoms with Gasteiger partial charge in [0.25, 0.3) is 0 Å². The molecule has 0 saturated carbocycles. The zero-order valence-corrected chi connectivity index (χ0v) is 40.9. The van der Waals surface area contributed by atoms with Gasteiger partial charge in [0.15, 0.2) is 0 Å². The molecule has 0 radical (unpaired) electrons. The molecular weight excluding hydrogens is 901 g/mol. The molecule has 0 amide bonds. The first kappa shape index (κ1) is 43.2. The van der Waals surface area contributed by atoms with E-state index in [2.05, 4.69) is 259 Å². The molecule has 0 bridgehead atoms. The van der Waals surface area contributed by atoms with Crippen LogP contribution < -0.4 is 14.7 Å². The van der Waals surface area contributed by atoms with Gasteiger partial charge in [-0.1, -0.05) is 153 Å². The Kier molecular flexibility index (Phi) is 10.1. The third kappa shape index (κ3) is 7.06. The van der Waals surface area contributed by atoms with E-state index in [4.69, 9.17) is 15.0 Å². The summed E-state index contributed by atoms with van der Waals surface area (Å²) in [4.78, 5) is 22.5. The molecule has 0 N–H and O–H groups in total. The summed E-state index contributed by atoms with van der Waals surface area (Å²) in [5.74, 6) is 0. The highest BCUT2D eigenvalue weighted by Crippen LogP contribution is 2.57. The fourth-order valence-electron chi connectivity index (χ4n) is 11.5. The molecule has 6 nitrogen and oxygen atoms in total. The van der Waals surface area contributed by atoms with Crippen LogP contribution in [-0.4, -0.2) is 15.0 Å². The van der Waals surface area contributed by atoms with Crippen LogP contribution in [0, 0.1) is 0 Å². The standard InChI is InChI=1S/C68H48N6/c1-68(2)61-30-16-15-29-55(61)57-40-59-60(41-62(57)68)66(73(49-25-8-4-9-26-49)53-37-46-21-13-18-32-64(46)70-43-53)56-35-34-51(72(48-23-6-3-7-24-48)52-36-45-20-12-17-31-63(45)69-42-52)39-58(56)67(59)74(50-27-10-5-11-28-50)54-38-47-22-14-19-33-65(47)71-44-54/h3-44H,1-2H3. The number of anilines is 9. The van der Waals surface area contributed by atoms with Gasteiger partial charge in [0.05, 0.1) is 63.6 Å². The smallest absolute Gasteiger partial charge is 0.0703 e. The van der Waals surface area contributed by atoms with E-state index in [1.807, 2.05) is 24.7 Å². The molecule has 1 aliphatic rings. The molecule has 74 heavy (non-hydrogen) atoms. The van der Waals surface area contributed by atoms with Crippen LogP contribution in [0.3, 0.4) is 0 Å². The predicted octanol–water partition coefficient (Wildman–Crippen LogP) is 18.4. The number of hydrogen-bond donors (Lipinski definition) is 0. The fourth-order valence-corrected chi connectivity index (χ4v) is 11.5. The Bertz CT molecular complexity index is 4310. The Balaban J connectivity index is 1.17. The van der Waals surface area contributed by atoms with E-state index < -0.39 is 0 Å². The maximum Gasteiger partial charge on any atom is 0.0703 e. The van der Waals surface area contributed by atoms with Crippen molar-refractivity contribution in [1.29, 1.82) is 0 Å². The number of hydrogen-bond acceptors (Lipinski definition) is 6. The van der Waals surface area contributed by atoms with Crippen molar-refractivity contribution < 1.29 is 0 Å². The Morgan fingerprint density at radius 1 is 0.284 bits per heavy atom. The lowest BCUT2D eigenvalue weighted by atomic mass is 9.81. The molecule has 0 atom stereocenters. The van der Waals surface area contributed by atoms with Crippen LogP contribution in [0.15, 0.2) is 255 Å². The van der Waals surface area contributed by atoms with Gasteiger partial charge in [-0.3, -0.25) is 15.0 Å². The van der Waals surface area contributed by atoms with E-state index in [9.17, 15) is 0 Å². The number of nitrogens with zero attached hydrogens (tertiary/aromatic N) is 6. The first-order chi connectivity index (χ1) is 36.5. The first-order valence-electron chi connectivity index (χ1n) is 25.2. The molecule has 0 unspecified atom stereocenters. The third-order valence-electron chi connectivity index (χ3n) is 15.0. The minimum Gasteiger partial charge on any atom is -0.309 e. The SMILES string of the molecule is CC1(C)c2ccccc2-c2cc3c(N(c4ccccc4)c4cnc5ccccc5c4)c4cc(N(c5ccccc5)c5cnc6ccccc6c5)ccc4c(N(c4ccccc4)c4cnc5ccccc5c4)c3cc21. The zero-order chi connectivity index (χ0) is 49.3. The molecule has 0 fully saturated rings. The van der Waals surface area contributed by atoms with Crippen molar-refractivity contribution in [2.75, 3.05) is 14.7 Å². The molecule has 13 aromatic rings. The summed E-state index contributed by atoms with van der Waals surface area (Å²) in [5.41, 5.74) is 16.7. The summed E-state index contributed by atoms with van der Waals surface area (Å²) >= 11 is 0. The second-order valence-corrected chi connectivity index (χ2v) is 19.7. The second-order valence-electron chi connectivity index (χ2n) is 19.7. The van der Waals surface area contributed by atoms with Crippen molar-refractivity contribution in [1.82, 2.24) is 15.0 Å². The van der Waals surface area contributed by atoms with Crippen LogP contribution >= 0.6 is 0 Å². The number of benzene rings is 10. The second kappa shape index (κ2) is 17.3. The first-order valence-corrected chi connectivity index (χ1v) is 25.2. The molecule has 350 valence electrons. The molecule has 0 saturated heterocycles. The number of rotatable bonds is 9. The normalized spacial score (nSPS) is 12.6. The number of para-hydroxylation sites is 6. The minimum absolute atomic E-state index is 0.274. The van der Waals surface area contributed by atoms with E-state index in [1.54, 1.807) is 0 Å². The lowest BCUT2D eigenvalue weighted by molar-refractivity contribution is 0.661. The van der Waals surface area contributed by atoms with Gasteiger partial charge < -0.3 is 14.7 Å². The summed E-state index contributed by atoms with van der Waals surface area (Å²) in [6.07, 6.45) is 6.06. The van der Waals surface area contributed by atoms with Gasteiger partial charge in [0.2, 0.25) is 0 Å². The van der Waals surface area contributed by atoms with E-state index in [-0.39, 0.29) is 5.41 Å². The molecule has 10 aromatic carbocycles. The van der Waals surface area contributed by atoms with Gasteiger partial charge in [-0.2, -0.15) is 0 Å². The van der Waals surface area contributed by atoms with E-state index >= 15 is 0 Å². The minimum atomic E-state index is -0.274. The quantitative estimate of drug-likeness (QED) is 0.106. The highest BCUT2D eigenvalue weighted by atomic mass is 15.2. The molecule has 0 spiro atoms. The van der Waals surface area contributed by atoms with E-state index in [0.717, 1.165) is 105 Å². The average Bonchev–Trinajstić information content (AvgIpc) is 3.77. The summed E-state index contributed by atoms with van der Waals surface area (Å²) in [5, 5.41) is 7.53. The Morgan fingerprint density at radius 3 is 1.22 bits per heavy atom. The van der Waals surface area contributed by atoms with Crippen LogP contribution in [0.4, 0.5) is 51.2 Å². The summed E-state index contributed by atoms with van der Waals surface area (Å²) in [6.45, 7) is 4.74. The number of aromatic nitrogens is 3. The fraction of sp³-hybridized carbons (Fsp3) is 0.0441. The maximum absolute atomic E-state index is 5.15. The number of fused-ring (bicyclic) bond motifs is 8. The summed E-state index contributed by atoms with van der Waals surface area (Å²) < 4.78 is 0. The Labute approximate surface area is 429 Å². The molecule has 14 rings (SSSR count). The van der Waals surface area contributed by atoms with Crippen LogP contribution in [0.1, 0.15) is 25.0 Å². The van der Waals surface area contributed by atoms with Crippen molar-refractivity contribution >= 4 is 105 Å². The van der Waals surface area contributed by atoms with Crippen molar-refractivity contribution in [3.05, 3.63) is 266 Å². The molecule has 6 heteroatoms.